The van der Waals surface area contributed by atoms with Crippen LogP contribution in [0.3, 0.4) is 0 Å². The van der Waals surface area contributed by atoms with Gasteiger partial charge in [-0.15, -0.1) is 0 Å². The monoisotopic (exact) mass is 391 g/mol. The topological polar surface area (TPSA) is 72.1 Å². The summed E-state index contributed by atoms with van der Waals surface area (Å²) in [6.45, 7) is 9.60. The lowest BCUT2D eigenvalue weighted by Gasteiger charge is -2.43. The Morgan fingerprint density at radius 3 is 2.86 bits per heavy atom. The third-order valence-electron chi connectivity index (χ3n) is 5.72. The van der Waals surface area contributed by atoms with Gasteiger partial charge in [0.05, 0.1) is 19.3 Å². The Kier molecular flexibility index (Phi) is 7.53. The fourth-order valence-electron chi connectivity index (χ4n) is 3.64. The first-order valence-electron chi connectivity index (χ1n) is 10.3. The number of nitrogens with zero attached hydrogens (tertiary/aromatic N) is 1. The van der Waals surface area contributed by atoms with E-state index in [1.54, 1.807) is 0 Å². The van der Waals surface area contributed by atoms with E-state index in [0.717, 1.165) is 57.9 Å². The number of rotatable bonds is 8. The second kappa shape index (κ2) is 10.1. The molecule has 3 rings (SSSR count). The van der Waals surface area contributed by atoms with Crippen LogP contribution in [0.5, 0.6) is 5.75 Å². The van der Waals surface area contributed by atoms with Crippen molar-refractivity contribution in [2.24, 2.45) is 0 Å². The summed E-state index contributed by atoms with van der Waals surface area (Å²) in [6, 6.07) is 7.27. The van der Waals surface area contributed by atoms with Crippen LogP contribution < -0.4 is 15.4 Å². The zero-order valence-corrected chi connectivity index (χ0v) is 17.0. The number of carbonyl (C=O) groups excluding carboxylic acids is 1. The number of hydrogen-bond donors (Lipinski definition) is 2. The minimum absolute atomic E-state index is 0.0760. The second-order valence-electron chi connectivity index (χ2n) is 7.73. The number of anilines is 1. The van der Waals surface area contributed by atoms with E-state index in [1.165, 1.54) is 0 Å². The molecule has 2 N–H and O–H groups in total. The Hall–Kier alpha value is -1.83. The van der Waals surface area contributed by atoms with Crippen molar-refractivity contribution in [3.8, 4) is 5.75 Å². The number of carbonyl (C=O) groups is 1. The molecule has 2 unspecified atom stereocenters. The number of nitrogens with one attached hydrogen (secondary N) is 2. The number of urea groups is 1. The van der Waals surface area contributed by atoms with Crippen LogP contribution in [0.4, 0.5) is 10.5 Å². The van der Waals surface area contributed by atoms with E-state index < -0.39 is 0 Å². The van der Waals surface area contributed by atoms with Gasteiger partial charge in [-0.2, -0.15) is 0 Å². The summed E-state index contributed by atoms with van der Waals surface area (Å²) in [6.07, 6.45) is 3.27. The molecular weight excluding hydrogens is 358 g/mol. The highest BCUT2D eigenvalue weighted by atomic mass is 16.5. The number of morpholine rings is 1. The first kappa shape index (κ1) is 20.9. The van der Waals surface area contributed by atoms with Gasteiger partial charge in [0.15, 0.2) is 0 Å². The molecule has 156 valence electrons. The molecule has 0 saturated carbocycles. The lowest BCUT2D eigenvalue weighted by atomic mass is 9.95. The summed E-state index contributed by atoms with van der Waals surface area (Å²) in [5, 5.41) is 5.93. The van der Waals surface area contributed by atoms with Gasteiger partial charge in [-0.05, 0) is 38.3 Å². The Balaban J connectivity index is 1.47. The summed E-state index contributed by atoms with van der Waals surface area (Å²) in [5.74, 6) is 0.736. The van der Waals surface area contributed by atoms with Crippen LogP contribution in [0.15, 0.2) is 24.3 Å². The summed E-state index contributed by atoms with van der Waals surface area (Å²) in [4.78, 5) is 14.8. The molecule has 2 aliphatic rings. The zero-order chi connectivity index (χ0) is 19.8. The Labute approximate surface area is 167 Å². The average Bonchev–Trinajstić information content (AvgIpc) is 3.25. The molecule has 0 aliphatic carbocycles. The average molecular weight is 392 g/mol. The predicted octanol–water partition coefficient (Wildman–Crippen LogP) is 2.87. The molecule has 2 fully saturated rings. The number of hydrogen-bond acceptors (Lipinski definition) is 5. The highest BCUT2D eigenvalue weighted by Crippen LogP contribution is 2.21. The SMILES string of the molecule is CCC(C)(CNC(=O)Nc1cccc(OCC2CCCO2)c1)N1CCOCC1. The van der Waals surface area contributed by atoms with Gasteiger partial charge in [-0.1, -0.05) is 13.0 Å². The van der Waals surface area contributed by atoms with Crippen LogP contribution in [0.25, 0.3) is 0 Å². The van der Waals surface area contributed by atoms with Crippen molar-refractivity contribution in [1.82, 2.24) is 10.2 Å². The van der Waals surface area contributed by atoms with E-state index in [0.29, 0.717) is 18.8 Å². The Bertz CT molecular complexity index is 630. The largest absolute Gasteiger partial charge is 0.491 e. The van der Waals surface area contributed by atoms with Gasteiger partial charge < -0.3 is 24.8 Å². The first-order valence-corrected chi connectivity index (χ1v) is 10.3. The van der Waals surface area contributed by atoms with Gasteiger partial charge in [-0.25, -0.2) is 4.79 Å². The smallest absolute Gasteiger partial charge is 0.319 e. The molecule has 7 heteroatoms. The van der Waals surface area contributed by atoms with Crippen molar-refractivity contribution in [3.05, 3.63) is 24.3 Å². The van der Waals surface area contributed by atoms with Gasteiger partial charge in [0.2, 0.25) is 0 Å². The molecule has 2 saturated heterocycles. The summed E-state index contributed by atoms with van der Waals surface area (Å²) < 4.78 is 16.8. The van der Waals surface area contributed by atoms with Crippen LogP contribution in [-0.2, 0) is 9.47 Å². The molecule has 2 amide bonds. The maximum absolute atomic E-state index is 12.4. The molecule has 0 radical (unpaired) electrons. The van der Waals surface area contributed by atoms with Crippen LogP contribution in [0.1, 0.15) is 33.1 Å². The van der Waals surface area contributed by atoms with Gasteiger partial charge in [0.1, 0.15) is 12.4 Å². The Morgan fingerprint density at radius 1 is 1.32 bits per heavy atom. The Morgan fingerprint density at radius 2 is 2.14 bits per heavy atom. The number of amides is 2. The third kappa shape index (κ3) is 5.83. The first-order chi connectivity index (χ1) is 13.6. The summed E-state index contributed by atoms with van der Waals surface area (Å²) >= 11 is 0. The number of benzene rings is 1. The van der Waals surface area contributed by atoms with E-state index >= 15 is 0 Å². The van der Waals surface area contributed by atoms with E-state index in [4.69, 9.17) is 14.2 Å². The van der Waals surface area contributed by atoms with Crippen molar-refractivity contribution >= 4 is 11.7 Å². The quantitative estimate of drug-likeness (QED) is 0.713. The second-order valence-corrected chi connectivity index (χ2v) is 7.73. The van der Waals surface area contributed by atoms with Crippen molar-refractivity contribution in [2.75, 3.05) is 51.4 Å². The fourth-order valence-corrected chi connectivity index (χ4v) is 3.64. The zero-order valence-electron chi connectivity index (χ0n) is 17.0. The third-order valence-corrected chi connectivity index (χ3v) is 5.72. The van der Waals surface area contributed by atoms with Crippen molar-refractivity contribution in [2.45, 2.75) is 44.8 Å². The van der Waals surface area contributed by atoms with Gasteiger partial charge in [0.25, 0.3) is 0 Å². The van der Waals surface area contributed by atoms with E-state index in [2.05, 4.69) is 29.4 Å². The molecule has 1 aromatic rings. The van der Waals surface area contributed by atoms with E-state index in [1.807, 2.05) is 24.3 Å². The van der Waals surface area contributed by atoms with Crippen molar-refractivity contribution < 1.29 is 19.0 Å². The minimum Gasteiger partial charge on any atom is -0.491 e. The normalized spacial score (nSPS) is 22.4. The summed E-state index contributed by atoms with van der Waals surface area (Å²) in [7, 11) is 0. The van der Waals surface area contributed by atoms with Gasteiger partial charge in [0, 0.05) is 43.5 Å². The minimum atomic E-state index is -0.204. The van der Waals surface area contributed by atoms with Gasteiger partial charge >= 0.3 is 6.03 Å². The standard InChI is InChI=1S/C21H33N3O4/c1-3-21(2,24-9-12-26-13-10-24)16-22-20(25)23-17-6-4-7-18(14-17)28-15-19-8-5-11-27-19/h4,6-7,14,19H,3,5,8-13,15-16H2,1-2H3,(H2,22,23,25). The molecule has 7 nitrogen and oxygen atoms in total. The van der Waals surface area contributed by atoms with Crippen LogP contribution in [-0.4, -0.2) is 68.6 Å². The molecule has 2 aliphatic heterocycles. The van der Waals surface area contributed by atoms with Crippen LogP contribution in [0.2, 0.25) is 0 Å². The summed E-state index contributed by atoms with van der Waals surface area (Å²) in [5.41, 5.74) is 0.639. The van der Waals surface area contributed by atoms with Crippen LogP contribution in [0, 0.1) is 0 Å². The molecule has 0 bridgehead atoms. The van der Waals surface area contributed by atoms with Crippen LogP contribution >= 0.6 is 0 Å². The molecule has 28 heavy (non-hydrogen) atoms. The van der Waals surface area contributed by atoms with Gasteiger partial charge in [-0.3, -0.25) is 4.90 Å². The van der Waals surface area contributed by atoms with Crippen molar-refractivity contribution in [3.63, 3.8) is 0 Å². The predicted molar refractivity (Wildman–Crippen MR) is 109 cm³/mol. The molecular formula is C21H33N3O4. The molecule has 0 spiro atoms. The highest BCUT2D eigenvalue weighted by Gasteiger charge is 2.31. The lowest BCUT2D eigenvalue weighted by Crippen LogP contribution is -2.57. The maximum atomic E-state index is 12.4. The van der Waals surface area contributed by atoms with E-state index in [-0.39, 0.29) is 17.7 Å². The molecule has 1 aromatic carbocycles. The molecule has 0 aromatic heterocycles. The van der Waals surface area contributed by atoms with Crippen molar-refractivity contribution in [1.29, 1.82) is 0 Å². The number of ether oxygens (including phenoxy) is 3. The van der Waals surface area contributed by atoms with E-state index in [9.17, 15) is 4.79 Å². The fraction of sp³-hybridized carbons (Fsp3) is 0.667. The molecule has 2 atom stereocenters. The maximum Gasteiger partial charge on any atom is 0.319 e. The molecule has 2 heterocycles. The lowest BCUT2D eigenvalue weighted by molar-refractivity contribution is -0.0163. The highest BCUT2D eigenvalue weighted by molar-refractivity contribution is 5.89.